The number of hydrogen-bond donors (Lipinski definition) is 0. The van der Waals surface area contributed by atoms with Gasteiger partial charge < -0.3 is 0 Å². The molecule has 0 spiro atoms. The van der Waals surface area contributed by atoms with Crippen molar-refractivity contribution in [3.05, 3.63) is 80.3 Å². The Bertz CT molecular complexity index is 554. The highest BCUT2D eigenvalue weighted by Crippen LogP contribution is 2.22. The molecule has 0 bridgehead atoms. The van der Waals surface area contributed by atoms with Gasteiger partial charge in [-0.1, -0.05) is 58.4 Å². The Labute approximate surface area is 126 Å². The van der Waals surface area contributed by atoms with Crippen molar-refractivity contribution in [1.82, 2.24) is 0 Å². The van der Waals surface area contributed by atoms with E-state index in [1.807, 2.05) is 42.5 Å². The third-order valence-electron chi connectivity index (χ3n) is 3.34. The fourth-order valence-corrected chi connectivity index (χ4v) is 2.52. The lowest BCUT2D eigenvalue weighted by Crippen LogP contribution is -2.13. The zero-order chi connectivity index (χ0) is 14.4. The van der Waals surface area contributed by atoms with E-state index in [1.54, 1.807) is 0 Å². The number of nitro groups is 1. The molecule has 1 unspecified atom stereocenters. The normalized spacial score (nSPS) is 12.1. The van der Waals surface area contributed by atoms with Crippen molar-refractivity contribution >= 4 is 15.9 Å². The molecule has 1 atom stereocenters. The van der Waals surface area contributed by atoms with Crippen molar-refractivity contribution in [2.75, 3.05) is 6.54 Å². The first kappa shape index (κ1) is 14.7. The summed E-state index contributed by atoms with van der Waals surface area (Å²) in [7, 11) is 0. The molecule has 0 heterocycles. The van der Waals surface area contributed by atoms with E-state index >= 15 is 0 Å². The zero-order valence-corrected chi connectivity index (χ0v) is 12.6. The van der Waals surface area contributed by atoms with Crippen LogP contribution < -0.4 is 0 Å². The topological polar surface area (TPSA) is 43.1 Å². The average Bonchev–Trinajstić information content (AvgIpc) is 2.46. The third kappa shape index (κ3) is 4.46. The Balaban J connectivity index is 2.04. The molecule has 3 nitrogen and oxygen atoms in total. The molecule has 0 saturated carbocycles. The lowest BCUT2D eigenvalue weighted by molar-refractivity contribution is -0.483. The second kappa shape index (κ2) is 7.20. The van der Waals surface area contributed by atoms with Crippen LogP contribution >= 0.6 is 15.9 Å². The smallest absolute Gasteiger partial charge is 0.210 e. The molecule has 0 saturated heterocycles. The number of halogens is 1. The molecule has 0 N–H and O–H groups in total. The zero-order valence-electron chi connectivity index (χ0n) is 11.0. The van der Waals surface area contributed by atoms with Gasteiger partial charge in [-0.3, -0.25) is 10.1 Å². The van der Waals surface area contributed by atoms with Crippen LogP contribution in [0.3, 0.4) is 0 Å². The first-order valence-electron chi connectivity index (χ1n) is 6.56. The van der Waals surface area contributed by atoms with Crippen LogP contribution in [-0.4, -0.2) is 11.5 Å². The first-order chi connectivity index (χ1) is 9.65. The summed E-state index contributed by atoms with van der Waals surface area (Å²) in [6.07, 6.45) is 1.63. The van der Waals surface area contributed by atoms with Gasteiger partial charge in [-0.25, -0.2) is 0 Å². The number of nitrogens with zero attached hydrogens (tertiary/aromatic N) is 1. The van der Waals surface area contributed by atoms with Crippen LogP contribution in [0.15, 0.2) is 59.1 Å². The Kier molecular flexibility index (Phi) is 5.30. The maximum absolute atomic E-state index is 10.8. The Morgan fingerprint density at radius 3 is 2.30 bits per heavy atom. The molecule has 0 radical (unpaired) electrons. The molecule has 0 aliphatic heterocycles. The molecule has 104 valence electrons. The van der Waals surface area contributed by atoms with Crippen LogP contribution in [0.5, 0.6) is 0 Å². The fraction of sp³-hybridized carbons (Fsp3) is 0.250. The third-order valence-corrected chi connectivity index (χ3v) is 3.86. The van der Waals surface area contributed by atoms with Gasteiger partial charge in [-0.2, -0.15) is 0 Å². The van der Waals surface area contributed by atoms with Crippen LogP contribution in [0.25, 0.3) is 0 Å². The molecule has 0 fully saturated rings. The summed E-state index contributed by atoms with van der Waals surface area (Å²) in [5.74, 6) is -0.0325. The van der Waals surface area contributed by atoms with Crippen molar-refractivity contribution in [3.8, 4) is 0 Å². The predicted molar refractivity (Wildman–Crippen MR) is 83.5 cm³/mol. The van der Waals surface area contributed by atoms with Crippen molar-refractivity contribution in [3.63, 3.8) is 0 Å². The summed E-state index contributed by atoms with van der Waals surface area (Å²) in [5.41, 5.74) is 2.25. The molecule has 2 rings (SSSR count). The molecule has 0 aliphatic carbocycles. The van der Waals surface area contributed by atoms with E-state index < -0.39 is 0 Å². The maximum atomic E-state index is 10.8. The van der Waals surface area contributed by atoms with Crippen LogP contribution in [0.2, 0.25) is 0 Å². The van der Waals surface area contributed by atoms with Gasteiger partial charge >= 0.3 is 0 Å². The van der Waals surface area contributed by atoms with Gasteiger partial charge in [0.1, 0.15) is 0 Å². The van der Waals surface area contributed by atoms with Crippen LogP contribution in [-0.2, 0) is 6.42 Å². The molecule has 2 aromatic rings. The molecule has 0 amide bonds. The first-order valence-corrected chi connectivity index (χ1v) is 7.35. The number of aryl methyl sites for hydroxylation is 1. The van der Waals surface area contributed by atoms with Crippen LogP contribution in [0.4, 0.5) is 0 Å². The molecular formula is C16H16BrNO2. The van der Waals surface area contributed by atoms with Gasteiger partial charge in [0, 0.05) is 15.3 Å². The van der Waals surface area contributed by atoms with E-state index in [-0.39, 0.29) is 17.4 Å². The lowest BCUT2D eigenvalue weighted by Gasteiger charge is -2.13. The minimum atomic E-state index is -0.223. The Hall–Kier alpha value is -1.68. The summed E-state index contributed by atoms with van der Waals surface area (Å²) in [5, 5.41) is 10.8. The largest absolute Gasteiger partial charge is 0.265 e. The number of rotatable bonds is 6. The highest BCUT2D eigenvalue weighted by Gasteiger charge is 2.17. The van der Waals surface area contributed by atoms with Gasteiger partial charge in [-0.05, 0) is 36.1 Å². The summed E-state index contributed by atoms with van der Waals surface area (Å²) >= 11 is 3.41. The van der Waals surface area contributed by atoms with E-state index in [1.165, 1.54) is 5.56 Å². The second-order valence-corrected chi connectivity index (χ2v) is 5.70. The molecule has 4 heteroatoms. The van der Waals surface area contributed by atoms with E-state index in [4.69, 9.17) is 0 Å². The highest BCUT2D eigenvalue weighted by molar-refractivity contribution is 9.10. The summed E-state index contributed by atoms with van der Waals surface area (Å²) in [6.45, 7) is -0.0134. The predicted octanol–water partition coefficient (Wildman–Crippen LogP) is 4.44. The quantitative estimate of drug-likeness (QED) is 0.579. The Morgan fingerprint density at radius 1 is 1.05 bits per heavy atom. The van der Waals surface area contributed by atoms with Crippen molar-refractivity contribution < 1.29 is 4.92 Å². The van der Waals surface area contributed by atoms with E-state index in [0.29, 0.717) is 0 Å². The van der Waals surface area contributed by atoms with Crippen LogP contribution in [0, 0.1) is 10.1 Å². The van der Waals surface area contributed by atoms with Crippen molar-refractivity contribution in [2.24, 2.45) is 0 Å². The fourth-order valence-electron chi connectivity index (χ4n) is 2.26. The summed E-state index contributed by atoms with van der Waals surface area (Å²) in [4.78, 5) is 10.6. The van der Waals surface area contributed by atoms with Crippen LogP contribution in [0.1, 0.15) is 23.5 Å². The lowest BCUT2D eigenvalue weighted by atomic mass is 9.92. The monoisotopic (exact) mass is 333 g/mol. The van der Waals surface area contributed by atoms with Gasteiger partial charge in [0.15, 0.2) is 0 Å². The molecule has 0 aliphatic rings. The molecule has 20 heavy (non-hydrogen) atoms. The number of hydrogen-bond acceptors (Lipinski definition) is 2. The standard InChI is InChI=1S/C16H16BrNO2/c17-16-10-7-13(8-11-16)6-9-15(12-18(19)20)14-4-2-1-3-5-14/h1-5,7-8,10-11,15H,6,9,12H2. The highest BCUT2D eigenvalue weighted by atomic mass is 79.9. The summed E-state index contributed by atoms with van der Waals surface area (Å²) in [6, 6.07) is 17.8. The van der Waals surface area contributed by atoms with Gasteiger partial charge in [0.25, 0.3) is 0 Å². The van der Waals surface area contributed by atoms with Gasteiger partial charge in [0.2, 0.25) is 6.54 Å². The van der Waals surface area contributed by atoms with Crippen molar-refractivity contribution in [1.29, 1.82) is 0 Å². The van der Waals surface area contributed by atoms with E-state index in [2.05, 4.69) is 28.1 Å². The summed E-state index contributed by atoms with van der Waals surface area (Å²) < 4.78 is 1.05. The molecule has 0 aromatic heterocycles. The average molecular weight is 334 g/mol. The van der Waals surface area contributed by atoms with Gasteiger partial charge in [-0.15, -0.1) is 0 Å². The molecular weight excluding hydrogens is 318 g/mol. The minimum absolute atomic E-state index is 0.0134. The number of benzene rings is 2. The SMILES string of the molecule is O=[N+]([O-])CC(CCc1ccc(Br)cc1)c1ccccc1. The molecule has 2 aromatic carbocycles. The van der Waals surface area contributed by atoms with E-state index in [9.17, 15) is 10.1 Å². The van der Waals surface area contributed by atoms with E-state index in [0.717, 1.165) is 22.9 Å². The second-order valence-electron chi connectivity index (χ2n) is 4.79. The minimum Gasteiger partial charge on any atom is -0.265 e. The maximum Gasteiger partial charge on any atom is 0.210 e. The Morgan fingerprint density at radius 2 is 1.70 bits per heavy atom. The van der Waals surface area contributed by atoms with Crippen molar-refractivity contribution in [2.45, 2.75) is 18.8 Å². The van der Waals surface area contributed by atoms with Gasteiger partial charge in [0.05, 0.1) is 0 Å².